The minimum absolute atomic E-state index is 0.00262. The Morgan fingerprint density at radius 2 is 2.07 bits per heavy atom. The summed E-state index contributed by atoms with van der Waals surface area (Å²) in [6, 6.07) is 0. The Balaban J connectivity index is 2.51. The molecule has 80 valence electrons. The van der Waals surface area contributed by atoms with E-state index in [-0.39, 0.29) is 43.2 Å². The number of thioether (sulfide) groups is 1. The minimum atomic E-state index is -0.374. The number of amides is 2. The van der Waals surface area contributed by atoms with Crippen molar-refractivity contribution in [3.8, 4) is 0 Å². The Morgan fingerprint density at radius 1 is 1.36 bits per heavy atom. The first kappa shape index (κ1) is 11.5. The summed E-state index contributed by atoms with van der Waals surface area (Å²) < 4.78 is 0. The van der Waals surface area contributed by atoms with Gasteiger partial charge in [0, 0.05) is 12.2 Å². The van der Waals surface area contributed by atoms with Gasteiger partial charge in [0.2, 0.25) is 11.8 Å². The third kappa shape index (κ3) is 2.46. The molecule has 0 aromatic carbocycles. The zero-order valence-electron chi connectivity index (χ0n) is 7.68. The van der Waals surface area contributed by atoms with Crippen LogP contribution in [0.5, 0.6) is 0 Å². The number of aliphatic hydroxyl groups is 2. The van der Waals surface area contributed by atoms with Gasteiger partial charge < -0.3 is 10.2 Å². The molecule has 0 bridgehead atoms. The summed E-state index contributed by atoms with van der Waals surface area (Å²) in [5.41, 5.74) is 0. The Hall–Kier alpha value is -0.590. The largest absolute Gasteiger partial charge is 0.396 e. The molecule has 1 aliphatic heterocycles. The van der Waals surface area contributed by atoms with Gasteiger partial charge >= 0.3 is 0 Å². The summed E-state index contributed by atoms with van der Waals surface area (Å²) in [5, 5.41) is 16.8. The number of aliphatic hydroxyl groups excluding tert-OH is 2. The van der Waals surface area contributed by atoms with Crippen LogP contribution in [0.15, 0.2) is 0 Å². The Labute approximate surface area is 86.1 Å². The predicted molar refractivity (Wildman–Crippen MR) is 51.8 cm³/mol. The summed E-state index contributed by atoms with van der Waals surface area (Å²) in [7, 11) is 0. The zero-order chi connectivity index (χ0) is 10.6. The maximum atomic E-state index is 11.5. The van der Waals surface area contributed by atoms with Crippen molar-refractivity contribution < 1.29 is 19.8 Å². The third-order valence-electron chi connectivity index (χ3n) is 1.94. The van der Waals surface area contributed by atoms with Crippen LogP contribution in [0.25, 0.3) is 0 Å². The van der Waals surface area contributed by atoms with Gasteiger partial charge in [-0.15, -0.1) is 11.8 Å². The second-order valence-corrected chi connectivity index (χ2v) is 4.21. The van der Waals surface area contributed by atoms with E-state index in [1.54, 1.807) is 0 Å². The van der Waals surface area contributed by atoms with Crippen molar-refractivity contribution in [1.82, 2.24) is 4.90 Å². The average Bonchev–Trinajstić information content (AvgIpc) is 2.43. The Kier molecular flexibility index (Phi) is 4.37. The van der Waals surface area contributed by atoms with E-state index in [1.807, 2.05) is 0 Å². The van der Waals surface area contributed by atoms with Crippen LogP contribution >= 0.6 is 11.8 Å². The van der Waals surface area contributed by atoms with Gasteiger partial charge in [0.1, 0.15) is 0 Å². The SMILES string of the molecule is O=C1CC(SCCO)C(=O)N1CCO. The Morgan fingerprint density at radius 3 is 2.64 bits per heavy atom. The third-order valence-corrected chi connectivity index (χ3v) is 3.13. The van der Waals surface area contributed by atoms with Gasteiger partial charge in [-0.3, -0.25) is 14.5 Å². The fraction of sp³-hybridized carbons (Fsp3) is 0.750. The van der Waals surface area contributed by atoms with Crippen LogP contribution in [0.1, 0.15) is 6.42 Å². The smallest absolute Gasteiger partial charge is 0.242 e. The number of rotatable bonds is 5. The lowest BCUT2D eigenvalue weighted by Gasteiger charge is -2.12. The van der Waals surface area contributed by atoms with Gasteiger partial charge in [0.15, 0.2) is 0 Å². The molecule has 1 atom stereocenters. The number of imide groups is 1. The van der Waals surface area contributed by atoms with Gasteiger partial charge in [-0.25, -0.2) is 0 Å². The van der Waals surface area contributed by atoms with Crippen LogP contribution in [0, 0.1) is 0 Å². The van der Waals surface area contributed by atoms with Gasteiger partial charge in [-0.1, -0.05) is 0 Å². The first-order chi connectivity index (χ1) is 6.70. The second kappa shape index (κ2) is 5.33. The number of β-amino-alcohol motifs (C(OH)–C–C–N with tert-alkyl or cyclic N) is 1. The molecule has 2 N–H and O–H groups in total. The topological polar surface area (TPSA) is 77.8 Å². The maximum Gasteiger partial charge on any atom is 0.242 e. The molecule has 0 spiro atoms. The molecule has 0 aromatic heterocycles. The molecule has 1 aliphatic rings. The van der Waals surface area contributed by atoms with Crippen molar-refractivity contribution in [3.63, 3.8) is 0 Å². The number of hydrogen-bond acceptors (Lipinski definition) is 5. The van der Waals surface area contributed by atoms with E-state index in [0.29, 0.717) is 5.75 Å². The number of hydrogen-bond donors (Lipinski definition) is 2. The molecule has 1 saturated heterocycles. The van der Waals surface area contributed by atoms with Crippen LogP contribution in [-0.2, 0) is 9.59 Å². The highest BCUT2D eigenvalue weighted by atomic mass is 32.2. The van der Waals surface area contributed by atoms with E-state index < -0.39 is 0 Å². The lowest BCUT2D eigenvalue weighted by Crippen LogP contribution is -2.33. The molecule has 6 heteroatoms. The number of carbonyl (C=O) groups is 2. The molecule has 5 nitrogen and oxygen atoms in total. The van der Waals surface area contributed by atoms with Crippen molar-refractivity contribution in [2.75, 3.05) is 25.5 Å². The van der Waals surface area contributed by atoms with Crippen LogP contribution < -0.4 is 0 Å². The van der Waals surface area contributed by atoms with Crippen LogP contribution in [0.3, 0.4) is 0 Å². The summed E-state index contributed by atoms with van der Waals surface area (Å²) >= 11 is 1.28. The molecule has 0 saturated carbocycles. The standard InChI is InChI=1S/C8H13NO4S/c10-2-1-9-7(12)5-6(8(9)13)14-4-3-11/h6,10-11H,1-5H2. The highest BCUT2D eigenvalue weighted by Crippen LogP contribution is 2.24. The van der Waals surface area contributed by atoms with Crippen LogP contribution in [-0.4, -0.2) is 57.7 Å². The first-order valence-corrected chi connectivity index (χ1v) is 5.43. The normalized spacial score (nSPS) is 22.1. The van der Waals surface area contributed by atoms with Gasteiger partial charge in [-0.2, -0.15) is 0 Å². The minimum Gasteiger partial charge on any atom is -0.396 e. The van der Waals surface area contributed by atoms with Crippen molar-refractivity contribution in [2.24, 2.45) is 0 Å². The fourth-order valence-electron chi connectivity index (χ4n) is 1.31. The van der Waals surface area contributed by atoms with Crippen LogP contribution in [0.4, 0.5) is 0 Å². The molecule has 0 aliphatic carbocycles. The number of nitrogens with zero attached hydrogens (tertiary/aromatic N) is 1. The van der Waals surface area contributed by atoms with E-state index in [1.165, 1.54) is 11.8 Å². The molecule has 1 unspecified atom stereocenters. The van der Waals surface area contributed by atoms with Gasteiger partial charge in [0.25, 0.3) is 0 Å². The summed E-state index contributed by atoms with van der Waals surface area (Å²) in [4.78, 5) is 23.8. The second-order valence-electron chi connectivity index (χ2n) is 2.89. The monoisotopic (exact) mass is 219 g/mol. The first-order valence-electron chi connectivity index (χ1n) is 4.38. The highest BCUT2D eigenvalue weighted by molar-refractivity contribution is 8.00. The molecule has 1 fully saturated rings. The molecular weight excluding hydrogens is 206 g/mol. The number of carbonyl (C=O) groups excluding carboxylic acids is 2. The molecule has 1 heterocycles. The molecule has 1 rings (SSSR count). The maximum absolute atomic E-state index is 11.5. The molecule has 0 radical (unpaired) electrons. The lowest BCUT2D eigenvalue weighted by molar-refractivity contribution is -0.138. The molecule has 14 heavy (non-hydrogen) atoms. The quantitative estimate of drug-likeness (QED) is 0.570. The van der Waals surface area contributed by atoms with Gasteiger partial charge in [0.05, 0.1) is 25.0 Å². The van der Waals surface area contributed by atoms with Crippen molar-refractivity contribution in [2.45, 2.75) is 11.7 Å². The van der Waals surface area contributed by atoms with E-state index in [2.05, 4.69) is 0 Å². The van der Waals surface area contributed by atoms with E-state index in [0.717, 1.165) is 4.90 Å². The Bertz CT molecular complexity index is 233. The zero-order valence-corrected chi connectivity index (χ0v) is 8.50. The summed E-state index contributed by atoms with van der Waals surface area (Å²) in [6.07, 6.45) is 0.184. The van der Waals surface area contributed by atoms with Crippen LogP contribution in [0.2, 0.25) is 0 Å². The lowest BCUT2D eigenvalue weighted by atomic mass is 10.4. The highest BCUT2D eigenvalue weighted by Gasteiger charge is 2.37. The van der Waals surface area contributed by atoms with Crippen molar-refractivity contribution >= 4 is 23.6 Å². The van der Waals surface area contributed by atoms with Crippen molar-refractivity contribution in [1.29, 1.82) is 0 Å². The molecule has 2 amide bonds. The summed E-state index contributed by atoms with van der Waals surface area (Å²) in [6.45, 7) is -0.120. The molecular formula is C8H13NO4S. The van der Waals surface area contributed by atoms with Crippen molar-refractivity contribution in [3.05, 3.63) is 0 Å². The number of likely N-dealkylation sites (tertiary alicyclic amines) is 1. The van der Waals surface area contributed by atoms with E-state index in [9.17, 15) is 9.59 Å². The van der Waals surface area contributed by atoms with E-state index >= 15 is 0 Å². The fourth-order valence-corrected chi connectivity index (χ4v) is 2.23. The van der Waals surface area contributed by atoms with E-state index in [4.69, 9.17) is 10.2 Å². The van der Waals surface area contributed by atoms with Gasteiger partial charge in [-0.05, 0) is 0 Å². The predicted octanol–water partition coefficient (Wildman–Crippen LogP) is -1.17. The summed E-state index contributed by atoms with van der Waals surface area (Å²) in [5.74, 6) is -0.0293. The average molecular weight is 219 g/mol. The molecule has 0 aromatic rings.